The minimum Gasteiger partial charge on any atom is -0.356 e. The third-order valence-electron chi connectivity index (χ3n) is 6.66. The molecule has 1 aliphatic heterocycles. The number of hydrogen-bond acceptors (Lipinski definition) is 3. The van der Waals surface area contributed by atoms with E-state index in [1.54, 1.807) is 0 Å². The van der Waals surface area contributed by atoms with Gasteiger partial charge in [0.15, 0.2) is 5.96 Å². The average molecular weight is 530 g/mol. The largest absolute Gasteiger partial charge is 0.356 e. The van der Waals surface area contributed by atoms with E-state index in [1.165, 1.54) is 57.7 Å². The second-order valence-corrected chi connectivity index (χ2v) is 8.19. The summed E-state index contributed by atoms with van der Waals surface area (Å²) in [6.07, 6.45) is 4.65. The number of halogens is 1. The number of piperazine rings is 1. The van der Waals surface area contributed by atoms with Crippen LogP contribution in [0.15, 0.2) is 35.3 Å². The van der Waals surface area contributed by atoms with Gasteiger partial charge in [-0.05, 0) is 44.3 Å². The zero-order valence-electron chi connectivity index (χ0n) is 19.6. The topological polar surface area (TPSA) is 42.9 Å². The van der Waals surface area contributed by atoms with E-state index in [1.807, 2.05) is 7.05 Å². The van der Waals surface area contributed by atoms with Crippen molar-refractivity contribution in [2.45, 2.75) is 51.9 Å². The predicted molar refractivity (Wildman–Crippen MR) is 141 cm³/mol. The number of rotatable bonds is 11. The van der Waals surface area contributed by atoms with Gasteiger partial charge in [-0.2, -0.15) is 0 Å². The fourth-order valence-electron chi connectivity index (χ4n) is 4.27. The maximum atomic E-state index is 4.44. The Labute approximate surface area is 202 Å². The summed E-state index contributed by atoms with van der Waals surface area (Å²) >= 11 is 0. The van der Waals surface area contributed by atoms with Crippen molar-refractivity contribution < 1.29 is 0 Å². The van der Waals surface area contributed by atoms with Crippen LogP contribution in [0.2, 0.25) is 0 Å². The molecule has 2 rings (SSSR count). The first-order valence-corrected chi connectivity index (χ1v) is 11.6. The summed E-state index contributed by atoms with van der Waals surface area (Å²) in [5.74, 6) is 0.920. The number of guanidine groups is 1. The predicted octanol–water partition coefficient (Wildman–Crippen LogP) is 3.95. The van der Waals surface area contributed by atoms with E-state index in [9.17, 15) is 0 Å². The van der Waals surface area contributed by atoms with Gasteiger partial charge < -0.3 is 20.4 Å². The molecule has 1 aromatic rings. The van der Waals surface area contributed by atoms with Crippen molar-refractivity contribution in [3.63, 3.8) is 0 Å². The highest BCUT2D eigenvalue weighted by Crippen LogP contribution is 2.30. The Balaban J connectivity index is 0.00000450. The molecule has 6 heteroatoms. The van der Waals surface area contributed by atoms with Crippen LogP contribution < -0.4 is 10.6 Å². The van der Waals surface area contributed by atoms with Crippen molar-refractivity contribution in [1.29, 1.82) is 0 Å². The quantitative estimate of drug-likeness (QED) is 0.197. The van der Waals surface area contributed by atoms with E-state index in [2.05, 4.69) is 76.5 Å². The Morgan fingerprint density at radius 3 is 2.13 bits per heavy atom. The second-order valence-electron chi connectivity index (χ2n) is 8.19. The van der Waals surface area contributed by atoms with Crippen LogP contribution in [-0.2, 0) is 5.41 Å². The van der Waals surface area contributed by atoms with Crippen LogP contribution in [0.4, 0.5) is 0 Å². The molecule has 2 N–H and O–H groups in total. The Hall–Kier alpha value is -0.860. The number of nitrogens with zero attached hydrogens (tertiary/aromatic N) is 3. The maximum absolute atomic E-state index is 4.44. The SMILES string of the molecule is CCN1CCN(CCCCNC(=NC)NCC(CC)(CC)c2ccccc2)CC1.I. The minimum atomic E-state index is 0. The lowest BCUT2D eigenvalue weighted by molar-refractivity contribution is 0.136. The number of hydrogen-bond donors (Lipinski definition) is 2. The molecule has 172 valence electrons. The first-order chi connectivity index (χ1) is 14.2. The molecule has 0 aromatic heterocycles. The maximum Gasteiger partial charge on any atom is 0.191 e. The van der Waals surface area contributed by atoms with Crippen molar-refractivity contribution in [3.8, 4) is 0 Å². The van der Waals surface area contributed by atoms with Gasteiger partial charge in [-0.1, -0.05) is 51.1 Å². The summed E-state index contributed by atoms with van der Waals surface area (Å²) in [7, 11) is 1.87. The Morgan fingerprint density at radius 1 is 0.933 bits per heavy atom. The van der Waals surface area contributed by atoms with Crippen LogP contribution in [0.1, 0.15) is 52.0 Å². The number of nitrogens with one attached hydrogen (secondary N) is 2. The van der Waals surface area contributed by atoms with Gasteiger partial charge in [0.25, 0.3) is 0 Å². The Morgan fingerprint density at radius 2 is 1.57 bits per heavy atom. The first kappa shape index (κ1) is 27.2. The van der Waals surface area contributed by atoms with E-state index in [4.69, 9.17) is 0 Å². The van der Waals surface area contributed by atoms with E-state index in [0.717, 1.165) is 31.9 Å². The number of aliphatic imine (C=N–C) groups is 1. The molecule has 0 saturated carbocycles. The highest BCUT2D eigenvalue weighted by Gasteiger charge is 2.28. The lowest BCUT2D eigenvalue weighted by Gasteiger charge is -2.34. The zero-order chi connectivity index (χ0) is 21.0. The van der Waals surface area contributed by atoms with Crippen molar-refractivity contribution in [2.75, 3.05) is 59.4 Å². The lowest BCUT2D eigenvalue weighted by Crippen LogP contribution is -2.46. The van der Waals surface area contributed by atoms with E-state index in [-0.39, 0.29) is 29.4 Å². The smallest absolute Gasteiger partial charge is 0.191 e. The molecule has 0 amide bonds. The average Bonchev–Trinajstić information content (AvgIpc) is 2.79. The van der Waals surface area contributed by atoms with Crippen LogP contribution in [0.5, 0.6) is 0 Å². The van der Waals surface area contributed by atoms with Gasteiger partial charge in [0, 0.05) is 51.7 Å². The Bertz CT molecular complexity index is 581. The number of unbranched alkanes of at least 4 members (excludes halogenated alkanes) is 1. The molecule has 0 bridgehead atoms. The van der Waals surface area contributed by atoms with Crippen LogP contribution in [0, 0.1) is 0 Å². The summed E-state index contributed by atoms with van der Waals surface area (Å²) in [4.78, 5) is 9.58. The van der Waals surface area contributed by atoms with Crippen molar-refractivity contribution >= 4 is 29.9 Å². The van der Waals surface area contributed by atoms with Gasteiger partial charge in [-0.15, -0.1) is 24.0 Å². The van der Waals surface area contributed by atoms with Gasteiger partial charge in [0.1, 0.15) is 0 Å². The van der Waals surface area contributed by atoms with Gasteiger partial charge in [-0.3, -0.25) is 4.99 Å². The summed E-state index contributed by atoms with van der Waals surface area (Å²) in [6.45, 7) is 16.0. The lowest BCUT2D eigenvalue weighted by atomic mass is 9.76. The number of likely N-dealkylation sites (N-methyl/N-ethyl adjacent to an activating group) is 1. The fourth-order valence-corrected chi connectivity index (χ4v) is 4.27. The molecule has 0 atom stereocenters. The normalized spacial score (nSPS) is 16.2. The van der Waals surface area contributed by atoms with Crippen molar-refractivity contribution in [3.05, 3.63) is 35.9 Å². The second kappa shape index (κ2) is 15.0. The third kappa shape index (κ3) is 8.35. The van der Waals surface area contributed by atoms with Crippen molar-refractivity contribution in [2.24, 2.45) is 4.99 Å². The van der Waals surface area contributed by atoms with Gasteiger partial charge in [-0.25, -0.2) is 0 Å². The number of benzene rings is 1. The molecule has 30 heavy (non-hydrogen) atoms. The third-order valence-corrected chi connectivity index (χ3v) is 6.66. The molecule has 1 fully saturated rings. The molecular weight excluding hydrogens is 485 g/mol. The van der Waals surface area contributed by atoms with Crippen LogP contribution >= 0.6 is 24.0 Å². The fraction of sp³-hybridized carbons (Fsp3) is 0.708. The van der Waals surface area contributed by atoms with Crippen LogP contribution in [0.25, 0.3) is 0 Å². The summed E-state index contributed by atoms with van der Waals surface area (Å²) in [5, 5.41) is 7.09. The Kier molecular flexibility index (Phi) is 13.6. The summed E-state index contributed by atoms with van der Waals surface area (Å²) < 4.78 is 0. The standard InChI is InChI=1S/C24H43N5.HI/c1-5-24(6-2,22-13-9-8-10-14-22)21-27-23(25-4)26-15-11-12-16-29-19-17-28(7-3)18-20-29;/h8-10,13-14H,5-7,11-12,15-21H2,1-4H3,(H2,25,26,27);1H. The minimum absolute atomic E-state index is 0. The van der Waals surface area contributed by atoms with Crippen LogP contribution in [-0.4, -0.2) is 75.2 Å². The molecular formula is C24H44IN5. The molecule has 1 aromatic carbocycles. The summed E-state index contributed by atoms with van der Waals surface area (Å²) in [6, 6.07) is 10.9. The van der Waals surface area contributed by atoms with Gasteiger partial charge in [0.05, 0.1) is 0 Å². The molecule has 5 nitrogen and oxygen atoms in total. The molecule has 1 aliphatic rings. The molecule has 1 saturated heterocycles. The van der Waals surface area contributed by atoms with Gasteiger partial charge >= 0.3 is 0 Å². The molecule has 0 unspecified atom stereocenters. The summed E-state index contributed by atoms with van der Waals surface area (Å²) in [5.41, 5.74) is 1.57. The highest BCUT2D eigenvalue weighted by atomic mass is 127. The molecule has 0 aliphatic carbocycles. The van der Waals surface area contributed by atoms with Crippen LogP contribution in [0.3, 0.4) is 0 Å². The monoisotopic (exact) mass is 529 g/mol. The molecule has 1 heterocycles. The van der Waals surface area contributed by atoms with E-state index < -0.39 is 0 Å². The van der Waals surface area contributed by atoms with E-state index >= 15 is 0 Å². The first-order valence-electron chi connectivity index (χ1n) is 11.6. The van der Waals surface area contributed by atoms with Crippen molar-refractivity contribution in [1.82, 2.24) is 20.4 Å². The molecule has 0 spiro atoms. The van der Waals surface area contributed by atoms with E-state index in [0.29, 0.717) is 0 Å². The zero-order valence-corrected chi connectivity index (χ0v) is 22.0. The highest BCUT2D eigenvalue weighted by molar-refractivity contribution is 14.0. The molecule has 0 radical (unpaired) electrons. The van der Waals surface area contributed by atoms with Gasteiger partial charge in [0.2, 0.25) is 0 Å².